The summed E-state index contributed by atoms with van der Waals surface area (Å²) in [6.07, 6.45) is 1.93. The van der Waals surface area contributed by atoms with Crippen LogP contribution in [0.4, 0.5) is 16.2 Å². The summed E-state index contributed by atoms with van der Waals surface area (Å²) >= 11 is 0. The van der Waals surface area contributed by atoms with Crippen LogP contribution in [0.5, 0.6) is 0 Å². The number of nitrogens with zero attached hydrogens (tertiary/aromatic N) is 3. The highest BCUT2D eigenvalue weighted by atomic mass is 16.6. The molecule has 8 nitrogen and oxygen atoms in total. The Hall–Kier alpha value is -2.82. The van der Waals surface area contributed by atoms with Crippen molar-refractivity contribution in [3.63, 3.8) is 0 Å². The highest BCUT2D eigenvalue weighted by Gasteiger charge is 2.35. The first kappa shape index (κ1) is 19.5. The second-order valence-electron chi connectivity index (χ2n) is 7.57. The molecule has 1 aliphatic carbocycles. The van der Waals surface area contributed by atoms with Gasteiger partial charge in [0.2, 0.25) is 0 Å². The lowest BCUT2D eigenvalue weighted by molar-refractivity contribution is -0.384. The third kappa shape index (κ3) is 4.42. The van der Waals surface area contributed by atoms with Gasteiger partial charge in [0.05, 0.1) is 16.6 Å². The van der Waals surface area contributed by atoms with E-state index in [2.05, 4.69) is 5.32 Å². The molecule has 8 heteroatoms. The summed E-state index contributed by atoms with van der Waals surface area (Å²) in [5.41, 5.74) is 0.0486. The van der Waals surface area contributed by atoms with Gasteiger partial charge in [0.1, 0.15) is 5.69 Å². The van der Waals surface area contributed by atoms with Crippen molar-refractivity contribution in [2.24, 2.45) is 0 Å². The molecular formula is C18H24N4O4. The van der Waals surface area contributed by atoms with Crippen LogP contribution in [0.1, 0.15) is 52.0 Å². The minimum atomic E-state index is -0.920. The van der Waals surface area contributed by atoms with Crippen LogP contribution in [-0.2, 0) is 0 Å². The van der Waals surface area contributed by atoms with Crippen molar-refractivity contribution in [3.05, 3.63) is 33.9 Å². The van der Waals surface area contributed by atoms with Crippen molar-refractivity contribution in [2.45, 2.75) is 64.1 Å². The molecule has 2 rings (SSSR count). The van der Waals surface area contributed by atoms with Gasteiger partial charge in [-0.05, 0) is 58.6 Å². The second-order valence-corrected chi connectivity index (χ2v) is 7.57. The Morgan fingerprint density at radius 3 is 2.42 bits per heavy atom. The van der Waals surface area contributed by atoms with Crippen LogP contribution < -0.4 is 5.32 Å². The number of nitro groups is 1. The molecule has 0 atom stereocenters. The minimum Gasteiger partial charge on any atom is -0.465 e. The summed E-state index contributed by atoms with van der Waals surface area (Å²) in [6.45, 7) is 5.64. The van der Waals surface area contributed by atoms with Crippen molar-refractivity contribution in [1.82, 2.24) is 4.90 Å². The Morgan fingerprint density at radius 2 is 1.96 bits per heavy atom. The van der Waals surface area contributed by atoms with Crippen molar-refractivity contribution >= 4 is 17.5 Å². The van der Waals surface area contributed by atoms with Crippen LogP contribution in [0.3, 0.4) is 0 Å². The number of hydrogen-bond donors (Lipinski definition) is 2. The quantitative estimate of drug-likeness (QED) is 0.619. The molecule has 0 spiro atoms. The first-order valence-corrected chi connectivity index (χ1v) is 8.61. The molecule has 0 heterocycles. The normalized spacial score (nSPS) is 20.1. The van der Waals surface area contributed by atoms with Gasteiger partial charge < -0.3 is 15.3 Å². The number of nitro benzene ring substituents is 1. The fourth-order valence-electron chi connectivity index (χ4n) is 3.56. The average Bonchev–Trinajstić information content (AvgIpc) is 2.55. The number of benzene rings is 1. The smallest absolute Gasteiger partial charge is 0.407 e. The van der Waals surface area contributed by atoms with E-state index >= 15 is 0 Å². The molecule has 0 saturated heterocycles. The molecule has 1 fully saturated rings. The van der Waals surface area contributed by atoms with Crippen LogP contribution in [0.25, 0.3) is 0 Å². The van der Waals surface area contributed by atoms with E-state index < -0.39 is 16.6 Å². The van der Waals surface area contributed by atoms with Gasteiger partial charge in [-0.1, -0.05) is 0 Å². The summed E-state index contributed by atoms with van der Waals surface area (Å²) in [5, 5.41) is 32.9. The molecule has 140 valence electrons. The summed E-state index contributed by atoms with van der Waals surface area (Å²) < 4.78 is 0. The maximum Gasteiger partial charge on any atom is 0.407 e. The first-order chi connectivity index (χ1) is 12.1. The number of anilines is 1. The maximum absolute atomic E-state index is 11.6. The first-order valence-electron chi connectivity index (χ1n) is 8.61. The van der Waals surface area contributed by atoms with Gasteiger partial charge in [0.25, 0.3) is 5.69 Å². The van der Waals surface area contributed by atoms with Crippen molar-refractivity contribution in [1.29, 1.82) is 5.26 Å². The lowest BCUT2D eigenvalue weighted by Crippen LogP contribution is -2.52. The number of nitriles is 1. The predicted molar refractivity (Wildman–Crippen MR) is 97.1 cm³/mol. The van der Waals surface area contributed by atoms with Crippen LogP contribution in [0.2, 0.25) is 0 Å². The number of rotatable bonds is 4. The Labute approximate surface area is 152 Å². The van der Waals surface area contributed by atoms with Crippen molar-refractivity contribution < 1.29 is 14.8 Å². The van der Waals surface area contributed by atoms with Gasteiger partial charge in [-0.2, -0.15) is 5.26 Å². The van der Waals surface area contributed by atoms with Gasteiger partial charge >= 0.3 is 6.09 Å². The Balaban J connectivity index is 2.07. The molecule has 0 bridgehead atoms. The number of carbonyl (C=O) groups is 1. The van der Waals surface area contributed by atoms with E-state index in [0.717, 1.165) is 12.8 Å². The standard InChI is InChI=1S/C18H24N4O4/c1-18(2,3)21(17(23)24)14-7-5-13(6-8-14)20-15-9-4-12(11-19)10-16(15)22(25)26/h4,9-10,13-14,20H,5-8H2,1-3H3,(H,23,24)/t13-,14-. The van der Waals surface area contributed by atoms with Crippen LogP contribution in [0, 0.1) is 21.4 Å². The van der Waals surface area contributed by atoms with Gasteiger partial charge in [-0.15, -0.1) is 0 Å². The summed E-state index contributed by atoms with van der Waals surface area (Å²) in [7, 11) is 0. The zero-order valence-corrected chi connectivity index (χ0v) is 15.2. The van der Waals surface area contributed by atoms with Crippen LogP contribution in [0.15, 0.2) is 18.2 Å². The molecule has 2 N–H and O–H groups in total. The molecule has 26 heavy (non-hydrogen) atoms. The van der Waals surface area contributed by atoms with E-state index in [1.54, 1.807) is 12.1 Å². The zero-order valence-electron chi connectivity index (χ0n) is 15.2. The molecule has 1 amide bonds. The van der Waals surface area contributed by atoms with Crippen molar-refractivity contribution in [2.75, 3.05) is 5.32 Å². The Morgan fingerprint density at radius 1 is 1.35 bits per heavy atom. The molecule has 1 aliphatic rings. The average molecular weight is 360 g/mol. The number of hydrogen-bond acceptors (Lipinski definition) is 5. The van der Waals surface area contributed by atoms with Crippen LogP contribution >= 0.6 is 0 Å². The highest BCUT2D eigenvalue weighted by Crippen LogP contribution is 2.32. The summed E-state index contributed by atoms with van der Waals surface area (Å²) in [6, 6.07) is 6.25. The van der Waals surface area contributed by atoms with E-state index in [-0.39, 0.29) is 23.3 Å². The number of carboxylic acid groups (broad SMARTS) is 1. The summed E-state index contributed by atoms with van der Waals surface area (Å²) in [5.74, 6) is 0. The molecule has 0 radical (unpaired) electrons. The van der Waals surface area contributed by atoms with Crippen LogP contribution in [-0.4, -0.2) is 38.6 Å². The Bertz CT molecular complexity index is 728. The van der Waals surface area contributed by atoms with Gasteiger partial charge in [-0.3, -0.25) is 10.1 Å². The van der Waals surface area contributed by atoms with E-state index in [9.17, 15) is 20.0 Å². The highest BCUT2D eigenvalue weighted by molar-refractivity contribution is 5.66. The lowest BCUT2D eigenvalue weighted by atomic mass is 9.88. The number of nitrogens with one attached hydrogen (secondary N) is 1. The van der Waals surface area contributed by atoms with E-state index in [1.807, 2.05) is 26.8 Å². The minimum absolute atomic E-state index is 0.0356. The predicted octanol–water partition coefficient (Wildman–Crippen LogP) is 3.97. The fraction of sp³-hybridized carbons (Fsp3) is 0.556. The molecule has 1 aromatic carbocycles. The second kappa shape index (κ2) is 7.60. The SMILES string of the molecule is CC(C)(C)N(C(=O)O)[C@H]1CC[C@H](Nc2ccc(C#N)cc2[N+](=O)[O-])CC1. The van der Waals surface area contributed by atoms with E-state index in [4.69, 9.17) is 5.26 Å². The molecule has 1 aromatic rings. The van der Waals surface area contributed by atoms with E-state index in [1.165, 1.54) is 11.0 Å². The molecule has 1 saturated carbocycles. The molecular weight excluding hydrogens is 336 g/mol. The van der Waals surface area contributed by atoms with Gasteiger partial charge in [-0.25, -0.2) is 4.79 Å². The lowest BCUT2D eigenvalue weighted by Gasteiger charge is -2.42. The number of amides is 1. The molecule has 0 aliphatic heterocycles. The van der Waals surface area contributed by atoms with E-state index in [0.29, 0.717) is 18.5 Å². The molecule has 0 unspecified atom stereocenters. The fourth-order valence-corrected chi connectivity index (χ4v) is 3.56. The monoisotopic (exact) mass is 360 g/mol. The Kier molecular flexibility index (Phi) is 5.70. The zero-order chi connectivity index (χ0) is 19.5. The maximum atomic E-state index is 11.6. The van der Waals surface area contributed by atoms with Gasteiger partial charge in [0, 0.05) is 23.7 Å². The topological polar surface area (TPSA) is 120 Å². The molecule has 0 aromatic heterocycles. The van der Waals surface area contributed by atoms with Crippen molar-refractivity contribution in [3.8, 4) is 6.07 Å². The van der Waals surface area contributed by atoms with Gasteiger partial charge in [0.15, 0.2) is 0 Å². The summed E-state index contributed by atoms with van der Waals surface area (Å²) in [4.78, 5) is 23.9. The third-order valence-electron chi connectivity index (χ3n) is 4.67. The largest absolute Gasteiger partial charge is 0.465 e. The third-order valence-corrected chi connectivity index (χ3v) is 4.67.